The highest BCUT2D eigenvalue weighted by molar-refractivity contribution is 5.78. The number of hydrogen-bond donors (Lipinski definition) is 1. The summed E-state index contributed by atoms with van der Waals surface area (Å²) in [5.41, 5.74) is 1.02. The lowest BCUT2D eigenvalue weighted by Crippen LogP contribution is -2.27. The largest absolute Gasteiger partial charge is 0.369 e. The van der Waals surface area contributed by atoms with Crippen molar-refractivity contribution in [2.75, 3.05) is 18.4 Å². The SMILES string of the molecule is CCCNc1cnc(CN2CC(C(C)(C)C)CC2=O)cn1. The van der Waals surface area contributed by atoms with Gasteiger partial charge in [0.05, 0.1) is 24.6 Å². The molecule has 0 spiro atoms. The third-order valence-corrected chi connectivity index (χ3v) is 4.05. The maximum Gasteiger partial charge on any atom is 0.223 e. The lowest BCUT2D eigenvalue weighted by molar-refractivity contribution is -0.128. The number of nitrogens with one attached hydrogen (secondary N) is 1. The van der Waals surface area contributed by atoms with E-state index in [-0.39, 0.29) is 11.3 Å². The molecule has 21 heavy (non-hydrogen) atoms. The average molecular weight is 290 g/mol. The average Bonchev–Trinajstić information content (AvgIpc) is 2.79. The summed E-state index contributed by atoms with van der Waals surface area (Å²) < 4.78 is 0. The van der Waals surface area contributed by atoms with Crippen molar-refractivity contribution in [3.05, 3.63) is 18.1 Å². The van der Waals surface area contributed by atoms with Gasteiger partial charge in [-0.3, -0.25) is 9.78 Å². The first-order valence-corrected chi connectivity index (χ1v) is 7.72. The molecular formula is C16H26N4O. The van der Waals surface area contributed by atoms with Gasteiger partial charge in [0.1, 0.15) is 5.82 Å². The Morgan fingerprint density at radius 2 is 2.10 bits per heavy atom. The molecule has 1 aliphatic heterocycles. The van der Waals surface area contributed by atoms with Crippen molar-refractivity contribution in [3.63, 3.8) is 0 Å². The highest BCUT2D eigenvalue weighted by atomic mass is 16.2. The Hall–Kier alpha value is -1.65. The summed E-state index contributed by atoms with van der Waals surface area (Å²) in [4.78, 5) is 22.7. The molecule has 116 valence electrons. The zero-order chi connectivity index (χ0) is 15.5. The summed E-state index contributed by atoms with van der Waals surface area (Å²) >= 11 is 0. The van der Waals surface area contributed by atoms with Crippen LogP contribution in [0.1, 0.15) is 46.2 Å². The quantitative estimate of drug-likeness (QED) is 0.906. The zero-order valence-corrected chi connectivity index (χ0v) is 13.5. The molecule has 2 heterocycles. The van der Waals surface area contributed by atoms with Gasteiger partial charge in [0.15, 0.2) is 0 Å². The maximum absolute atomic E-state index is 12.1. The first-order valence-electron chi connectivity index (χ1n) is 7.72. The van der Waals surface area contributed by atoms with Crippen LogP contribution in [0.25, 0.3) is 0 Å². The van der Waals surface area contributed by atoms with Gasteiger partial charge in [0.2, 0.25) is 5.91 Å². The molecule has 0 saturated carbocycles. The van der Waals surface area contributed by atoms with Crippen molar-refractivity contribution >= 4 is 11.7 Å². The second kappa shape index (κ2) is 6.41. The van der Waals surface area contributed by atoms with Gasteiger partial charge >= 0.3 is 0 Å². The Labute approximate surface area is 127 Å². The first-order chi connectivity index (χ1) is 9.90. The lowest BCUT2D eigenvalue weighted by atomic mass is 9.80. The monoisotopic (exact) mass is 290 g/mol. The number of aromatic nitrogens is 2. The van der Waals surface area contributed by atoms with Gasteiger partial charge in [-0.15, -0.1) is 0 Å². The molecule has 5 nitrogen and oxygen atoms in total. The van der Waals surface area contributed by atoms with Crippen molar-refractivity contribution in [2.24, 2.45) is 11.3 Å². The minimum Gasteiger partial charge on any atom is -0.369 e. The summed E-state index contributed by atoms with van der Waals surface area (Å²) in [7, 11) is 0. The van der Waals surface area contributed by atoms with E-state index in [4.69, 9.17) is 0 Å². The molecule has 1 aliphatic rings. The van der Waals surface area contributed by atoms with Crippen LogP contribution in [-0.4, -0.2) is 33.9 Å². The number of amides is 1. The predicted octanol–water partition coefficient (Wildman–Crippen LogP) is 2.69. The van der Waals surface area contributed by atoms with Gasteiger partial charge in [0.25, 0.3) is 0 Å². The maximum atomic E-state index is 12.1. The highest BCUT2D eigenvalue weighted by Crippen LogP contribution is 2.34. The zero-order valence-electron chi connectivity index (χ0n) is 13.5. The summed E-state index contributed by atoms with van der Waals surface area (Å²) in [6.45, 7) is 11.0. The number of carbonyl (C=O) groups is 1. The van der Waals surface area contributed by atoms with E-state index in [2.05, 4.69) is 43.0 Å². The summed E-state index contributed by atoms with van der Waals surface area (Å²) in [6.07, 6.45) is 5.20. The molecule has 1 aromatic heterocycles. The Bertz CT molecular complexity index is 478. The topological polar surface area (TPSA) is 58.1 Å². The van der Waals surface area contributed by atoms with E-state index in [0.717, 1.165) is 31.0 Å². The fraction of sp³-hybridized carbons (Fsp3) is 0.688. The van der Waals surface area contributed by atoms with Gasteiger partial charge in [-0.05, 0) is 17.8 Å². The van der Waals surface area contributed by atoms with Crippen LogP contribution < -0.4 is 5.32 Å². The summed E-state index contributed by atoms with van der Waals surface area (Å²) in [6, 6.07) is 0. The lowest BCUT2D eigenvalue weighted by Gasteiger charge is -2.26. The fourth-order valence-corrected chi connectivity index (χ4v) is 2.48. The molecule has 1 aromatic rings. The Kier molecular flexibility index (Phi) is 4.80. The third-order valence-electron chi connectivity index (χ3n) is 4.05. The van der Waals surface area contributed by atoms with E-state index < -0.39 is 0 Å². The predicted molar refractivity (Wildman–Crippen MR) is 83.8 cm³/mol. The highest BCUT2D eigenvalue weighted by Gasteiger charge is 2.36. The number of nitrogens with zero attached hydrogens (tertiary/aromatic N) is 3. The molecule has 1 atom stereocenters. The number of carbonyl (C=O) groups excluding carboxylic acids is 1. The van der Waals surface area contributed by atoms with E-state index in [1.807, 2.05) is 4.90 Å². The first kappa shape index (κ1) is 15.7. The molecule has 0 aliphatic carbocycles. The molecule has 1 unspecified atom stereocenters. The molecule has 5 heteroatoms. The molecule has 1 N–H and O–H groups in total. The molecule has 0 radical (unpaired) electrons. The fourth-order valence-electron chi connectivity index (χ4n) is 2.48. The van der Waals surface area contributed by atoms with Crippen LogP contribution in [0.4, 0.5) is 5.82 Å². The van der Waals surface area contributed by atoms with Crippen LogP contribution in [-0.2, 0) is 11.3 Å². The smallest absolute Gasteiger partial charge is 0.223 e. The molecule has 1 saturated heterocycles. The van der Waals surface area contributed by atoms with Gasteiger partial charge in [0, 0.05) is 19.5 Å². The Balaban J connectivity index is 1.94. The molecule has 0 aromatic carbocycles. The van der Waals surface area contributed by atoms with E-state index in [9.17, 15) is 4.79 Å². The second-order valence-electron chi connectivity index (χ2n) is 6.86. The van der Waals surface area contributed by atoms with E-state index >= 15 is 0 Å². The van der Waals surface area contributed by atoms with Crippen LogP contribution in [0.15, 0.2) is 12.4 Å². The number of rotatable bonds is 5. The number of anilines is 1. The van der Waals surface area contributed by atoms with E-state index in [1.165, 1.54) is 0 Å². The summed E-state index contributed by atoms with van der Waals surface area (Å²) in [5, 5.41) is 3.20. The van der Waals surface area contributed by atoms with Crippen LogP contribution >= 0.6 is 0 Å². The van der Waals surface area contributed by atoms with Crippen molar-refractivity contribution in [1.82, 2.24) is 14.9 Å². The minimum absolute atomic E-state index is 0.171. The van der Waals surface area contributed by atoms with E-state index in [0.29, 0.717) is 18.9 Å². The third kappa shape index (κ3) is 4.16. The Morgan fingerprint density at radius 1 is 1.33 bits per heavy atom. The molecule has 2 rings (SSSR count). The van der Waals surface area contributed by atoms with Crippen molar-refractivity contribution < 1.29 is 4.79 Å². The van der Waals surface area contributed by atoms with Gasteiger partial charge in [-0.25, -0.2) is 4.98 Å². The normalized spacial score (nSPS) is 19.1. The van der Waals surface area contributed by atoms with Crippen molar-refractivity contribution in [2.45, 2.75) is 47.1 Å². The van der Waals surface area contributed by atoms with Gasteiger partial charge in [-0.2, -0.15) is 0 Å². The number of hydrogen-bond acceptors (Lipinski definition) is 4. The second-order valence-corrected chi connectivity index (χ2v) is 6.86. The van der Waals surface area contributed by atoms with Crippen LogP contribution in [0.5, 0.6) is 0 Å². The molecule has 0 bridgehead atoms. The van der Waals surface area contributed by atoms with Crippen LogP contribution in [0.2, 0.25) is 0 Å². The Morgan fingerprint density at radius 3 is 2.62 bits per heavy atom. The minimum atomic E-state index is 0.171. The number of likely N-dealkylation sites (tertiary alicyclic amines) is 1. The van der Waals surface area contributed by atoms with Gasteiger partial charge in [-0.1, -0.05) is 27.7 Å². The molecular weight excluding hydrogens is 264 g/mol. The molecule has 1 fully saturated rings. The summed E-state index contributed by atoms with van der Waals surface area (Å²) in [5.74, 6) is 1.44. The molecule has 1 amide bonds. The standard InChI is InChI=1S/C16H26N4O/c1-5-6-17-14-9-18-13(8-19-14)11-20-10-12(7-15(20)21)16(2,3)4/h8-9,12H,5-7,10-11H2,1-4H3,(H,17,19). The van der Waals surface area contributed by atoms with Gasteiger partial charge < -0.3 is 10.2 Å². The van der Waals surface area contributed by atoms with Crippen LogP contribution in [0.3, 0.4) is 0 Å². The van der Waals surface area contributed by atoms with Crippen molar-refractivity contribution in [1.29, 1.82) is 0 Å². The van der Waals surface area contributed by atoms with Crippen LogP contribution in [0, 0.1) is 11.3 Å². The van der Waals surface area contributed by atoms with E-state index in [1.54, 1.807) is 12.4 Å². The van der Waals surface area contributed by atoms with Crippen molar-refractivity contribution in [3.8, 4) is 0 Å².